The lowest BCUT2D eigenvalue weighted by Gasteiger charge is -2.21. The second kappa shape index (κ2) is 9.94. The van der Waals surface area contributed by atoms with E-state index in [1.807, 2.05) is 0 Å². The van der Waals surface area contributed by atoms with Crippen molar-refractivity contribution in [2.45, 2.75) is 77.0 Å². The molecule has 0 N–H and O–H groups in total. The first-order valence-electron chi connectivity index (χ1n) is 7.94. The summed E-state index contributed by atoms with van der Waals surface area (Å²) in [5.41, 5.74) is 0. The van der Waals surface area contributed by atoms with E-state index in [4.69, 9.17) is 0 Å². The van der Waals surface area contributed by atoms with Crippen LogP contribution >= 0.6 is 0 Å². The van der Waals surface area contributed by atoms with Crippen LogP contribution in [0.5, 0.6) is 0 Å². The summed E-state index contributed by atoms with van der Waals surface area (Å²) in [5.74, 6) is 1.09. The van der Waals surface area contributed by atoms with Gasteiger partial charge in [0.15, 0.2) is 0 Å². The molecule has 0 saturated heterocycles. The third-order valence-electron chi connectivity index (χ3n) is 4.19. The van der Waals surface area contributed by atoms with Crippen molar-refractivity contribution in [3.63, 3.8) is 0 Å². The first-order chi connectivity index (χ1) is 8.29. The van der Waals surface area contributed by atoms with Gasteiger partial charge in [-0.3, -0.25) is 0 Å². The minimum atomic E-state index is 1.09. The summed E-state index contributed by atoms with van der Waals surface area (Å²) in [6.07, 6.45) is 17.8. The molecule has 0 aromatic rings. The molecule has 102 valence electrons. The molecule has 0 bridgehead atoms. The van der Waals surface area contributed by atoms with Crippen molar-refractivity contribution in [3.8, 4) is 0 Å². The lowest BCUT2D eigenvalue weighted by atomic mass is 9.85. The van der Waals surface area contributed by atoms with Crippen LogP contribution in [0.25, 0.3) is 0 Å². The zero-order valence-electron chi connectivity index (χ0n) is 12.2. The molecule has 1 nitrogen and oxygen atoms in total. The maximum Gasteiger partial charge on any atom is -0.00248 e. The lowest BCUT2D eigenvalue weighted by Crippen LogP contribution is -2.12. The minimum absolute atomic E-state index is 1.09. The van der Waals surface area contributed by atoms with Crippen LogP contribution in [0.4, 0.5) is 0 Å². The Labute approximate surface area is 109 Å². The lowest BCUT2D eigenvalue weighted by molar-refractivity contribution is 0.327. The third-order valence-corrected chi connectivity index (χ3v) is 4.19. The van der Waals surface area contributed by atoms with Gasteiger partial charge >= 0.3 is 0 Å². The summed E-state index contributed by atoms with van der Waals surface area (Å²) < 4.78 is 0. The van der Waals surface area contributed by atoms with Gasteiger partial charge in [0, 0.05) is 0 Å². The van der Waals surface area contributed by atoms with Crippen LogP contribution in [-0.4, -0.2) is 25.5 Å². The molecule has 0 amide bonds. The molecule has 0 radical (unpaired) electrons. The van der Waals surface area contributed by atoms with Gasteiger partial charge in [-0.15, -0.1) is 0 Å². The van der Waals surface area contributed by atoms with E-state index in [1.165, 1.54) is 83.6 Å². The predicted molar refractivity (Wildman–Crippen MR) is 77.4 cm³/mol. The number of unbranched alkanes of at least 4 members (excludes halogenated alkanes) is 5. The highest BCUT2D eigenvalue weighted by Crippen LogP contribution is 2.28. The molecular weight excluding hydrogens is 206 g/mol. The summed E-state index contributed by atoms with van der Waals surface area (Å²) in [4.78, 5) is 2.29. The van der Waals surface area contributed by atoms with Gasteiger partial charge in [-0.2, -0.15) is 0 Å². The molecule has 1 aliphatic carbocycles. The predicted octanol–water partition coefficient (Wildman–Crippen LogP) is 4.86. The second-order valence-electron chi connectivity index (χ2n) is 6.22. The quantitative estimate of drug-likeness (QED) is 0.519. The molecule has 1 heteroatoms. The maximum absolute atomic E-state index is 2.29. The van der Waals surface area contributed by atoms with Crippen molar-refractivity contribution in [2.24, 2.45) is 5.92 Å². The highest BCUT2D eigenvalue weighted by atomic mass is 15.0. The molecule has 1 saturated carbocycles. The molecule has 17 heavy (non-hydrogen) atoms. The van der Waals surface area contributed by atoms with Crippen LogP contribution in [0.2, 0.25) is 0 Å². The van der Waals surface area contributed by atoms with Crippen LogP contribution in [0.15, 0.2) is 0 Å². The monoisotopic (exact) mass is 239 g/mol. The Hall–Kier alpha value is -0.0400. The van der Waals surface area contributed by atoms with Gasteiger partial charge in [0.2, 0.25) is 0 Å². The standard InChI is InChI=1S/C16H33N/c1-17(2)15-11-6-4-3-5-8-12-16-13-9-7-10-14-16/h16H,3-15H2,1-2H3. The Morgan fingerprint density at radius 1 is 0.765 bits per heavy atom. The van der Waals surface area contributed by atoms with Gasteiger partial charge in [-0.05, 0) is 33.0 Å². The summed E-state index contributed by atoms with van der Waals surface area (Å²) >= 11 is 0. The Balaban J connectivity index is 1.78. The van der Waals surface area contributed by atoms with E-state index in [-0.39, 0.29) is 0 Å². The van der Waals surface area contributed by atoms with Gasteiger partial charge in [-0.25, -0.2) is 0 Å². The van der Waals surface area contributed by atoms with Crippen molar-refractivity contribution in [2.75, 3.05) is 20.6 Å². The van der Waals surface area contributed by atoms with E-state index >= 15 is 0 Å². The Morgan fingerprint density at radius 2 is 1.35 bits per heavy atom. The topological polar surface area (TPSA) is 3.24 Å². The summed E-state index contributed by atoms with van der Waals surface area (Å²) in [6, 6.07) is 0. The fraction of sp³-hybridized carbons (Fsp3) is 1.00. The Morgan fingerprint density at radius 3 is 2.00 bits per heavy atom. The highest BCUT2D eigenvalue weighted by molar-refractivity contribution is 4.65. The highest BCUT2D eigenvalue weighted by Gasteiger charge is 2.12. The zero-order chi connectivity index (χ0) is 12.3. The molecular formula is C16H33N. The fourth-order valence-electron chi connectivity index (χ4n) is 3.04. The molecule has 0 atom stereocenters. The number of hydrogen-bond acceptors (Lipinski definition) is 1. The van der Waals surface area contributed by atoms with E-state index in [9.17, 15) is 0 Å². The van der Waals surface area contributed by atoms with E-state index in [2.05, 4.69) is 19.0 Å². The molecule has 0 spiro atoms. The number of nitrogens with zero attached hydrogens (tertiary/aromatic N) is 1. The third kappa shape index (κ3) is 8.65. The maximum atomic E-state index is 2.29. The SMILES string of the molecule is CN(C)CCCCCCCCC1CCCCC1. The molecule has 1 rings (SSSR count). The van der Waals surface area contributed by atoms with Gasteiger partial charge < -0.3 is 4.90 Å². The van der Waals surface area contributed by atoms with E-state index < -0.39 is 0 Å². The van der Waals surface area contributed by atoms with Crippen LogP contribution in [0, 0.1) is 5.92 Å². The van der Waals surface area contributed by atoms with Crippen molar-refractivity contribution >= 4 is 0 Å². The number of hydrogen-bond donors (Lipinski definition) is 0. The van der Waals surface area contributed by atoms with E-state index in [1.54, 1.807) is 0 Å². The summed E-state index contributed by atoms with van der Waals surface area (Å²) in [5, 5.41) is 0. The van der Waals surface area contributed by atoms with Crippen LogP contribution in [-0.2, 0) is 0 Å². The van der Waals surface area contributed by atoms with Crippen molar-refractivity contribution < 1.29 is 0 Å². The Bertz CT molecular complexity index is 159. The van der Waals surface area contributed by atoms with Crippen molar-refractivity contribution in [1.29, 1.82) is 0 Å². The van der Waals surface area contributed by atoms with Crippen LogP contribution < -0.4 is 0 Å². The Kier molecular flexibility index (Phi) is 8.78. The molecule has 1 fully saturated rings. The summed E-state index contributed by atoms with van der Waals surface area (Å²) in [7, 11) is 4.34. The molecule has 0 heterocycles. The van der Waals surface area contributed by atoms with Crippen LogP contribution in [0.1, 0.15) is 77.0 Å². The first-order valence-corrected chi connectivity index (χ1v) is 7.94. The van der Waals surface area contributed by atoms with E-state index in [0.717, 1.165) is 5.92 Å². The second-order valence-corrected chi connectivity index (χ2v) is 6.22. The van der Waals surface area contributed by atoms with Crippen molar-refractivity contribution in [1.82, 2.24) is 4.90 Å². The van der Waals surface area contributed by atoms with Crippen molar-refractivity contribution in [3.05, 3.63) is 0 Å². The van der Waals surface area contributed by atoms with Crippen LogP contribution in [0.3, 0.4) is 0 Å². The molecule has 0 aromatic carbocycles. The average Bonchev–Trinajstić information content (AvgIpc) is 2.33. The zero-order valence-corrected chi connectivity index (χ0v) is 12.2. The van der Waals surface area contributed by atoms with Gasteiger partial charge in [-0.1, -0.05) is 70.6 Å². The summed E-state index contributed by atoms with van der Waals surface area (Å²) in [6.45, 7) is 1.27. The van der Waals surface area contributed by atoms with Gasteiger partial charge in [0.05, 0.1) is 0 Å². The van der Waals surface area contributed by atoms with E-state index in [0.29, 0.717) is 0 Å². The molecule has 0 aromatic heterocycles. The van der Waals surface area contributed by atoms with Gasteiger partial charge in [0.25, 0.3) is 0 Å². The number of rotatable bonds is 9. The minimum Gasteiger partial charge on any atom is -0.309 e. The largest absolute Gasteiger partial charge is 0.309 e. The normalized spacial score (nSPS) is 17.8. The molecule has 1 aliphatic rings. The molecule has 0 unspecified atom stereocenters. The smallest absolute Gasteiger partial charge is 0.00248 e. The van der Waals surface area contributed by atoms with Gasteiger partial charge in [0.1, 0.15) is 0 Å². The fourth-order valence-corrected chi connectivity index (χ4v) is 3.04. The average molecular weight is 239 g/mol. The first kappa shape index (κ1) is 15.0. The molecule has 0 aliphatic heterocycles.